The molecule has 0 aliphatic carbocycles. The lowest BCUT2D eigenvalue weighted by atomic mass is 10.1. The van der Waals surface area contributed by atoms with Crippen LogP contribution in [0.3, 0.4) is 0 Å². The van der Waals surface area contributed by atoms with Gasteiger partial charge in [0, 0.05) is 41.6 Å². The van der Waals surface area contributed by atoms with E-state index >= 15 is 0 Å². The molecule has 0 saturated heterocycles. The van der Waals surface area contributed by atoms with Gasteiger partial charge in [0.1, 0.15) is 0 Å². The molecule has 0 amide bonds. The first-order valence-electron chi connectivity index (χ1n) is 8.17. The predicted octanol–water partition coefficient (Wildman–Crippen LogP) is 4.52. The van der Waals surface area contributed by atoms with E-state index in [1.165, 1.54) is 33.2 Å². The number of rotatable bonds is 4. The van der Waals surface area contributed by atoms with Crippen molar-refractivity contribution >= 4 is 21.8 Å². The van der Waals surface area contributed by atoms with Crippen molar-refractivity contribution in [1.82, 2.24) is 14.5 Å². The maximum Gasteiger partial charge on any atom is 0.0523 e. The molecule has 0 aliphatic heterocycles. The first-order chi connectivity index (χ1) is 10.5. The molecule has 0 spiro atoms. The van der Waals surface area contributed by atoms with E-state index < -0.39 is 0 Å². The standard InChI is InChI=1S/C19H25N3/c1-12(2)6-14-8-18-16(10-20-14)17-11-21-15(7-13(3)4)9-19(17)22(18)5/h8-13H,6-7H2,1-5H3. The summed E-state index contributed by atoms with van der Waals surface area (Å²) in [4.78, 5) is 9.28. The van der Waals surface area contributed by atoms with Gasteiger partial charge in [0.15, 0.2) is 0 Å². The maximum atomic E-state index is 4.64. The van der Waals surface area contributed by atoms with Crippen LogP contribution >= 0.6 is 0 Å². The Morgan fingerprint density at radius 1 is 0.818 bits per heavy atom. The van der Waals surface area contributed by atoms with Crippen molar-refractivity contribution in [3.05, 3.63) is 35.9 Å². The van der Waals surface area contributed by atoms with E-state index in [0.29, 0.717) is 11.8 Å². The van der Waals surface area contributed by atoms with E-state index in [-0.39, 0.29) is 0 Å². The molecule has 0 saturated carbocycles. The number of hydrogen-bond donors (Lipinski definition) is 0. The summed E-state index contributed by atoms with van der Waals surface area (Å²) in [5.74, 6) is 1.25. The first kappa shape index (κ1) is 15.0. The summed E-state index contributed by atoms with van der Waals surface area (Å²) in [6.45, 7) is 8.93. The molecule has 3 heterocycles. The highest BCUT2D eigenvalue weighted by atomic mass is 14.9. The van der Waals surface area contributed by atoms with Crippen LogP contribution in [0.15, 0.2) is 24.5 Å². The normalized spacial score (nSPS) is 12.1. The lowest BCUT2D eigenvalue weighted by Gasteiger charge is -2.05. The van der Waals surface area contributed by atoms with Crippen LogP contribution in [0, 0.1) is 11.8 Å². The Hall–Kier alpha value is -1.90. The average Bonchev–Trinajstić information content (AvgIpc) is 2.71. The van der Waals surface area contributed by atoms with Gasteiger partial charge in [-0.3, -0.25) is 9.97 Å². The van der Waals surface area contributed by atoms with Crippen molar-refractivity contribution in [1.29, 1.82) is 0 Å². The number of aromatic nitrogens is 3. The van der Waals surface area contributed by atoms with Crippen molar-refractivity contribution in [3.8, 4) is 0 Å². The van der Waals surface area contributed by atoms with Crippen molar-refractivity contribution in [2.24, 2.45) is 18.9 Å². The minimum atomic E-state index is 0.624. The van der Waals surface area contributed by atoms with Crippen LogP contribution in [0.25, 0.3) is 21.8 Å². The van der Waals surface area contributed by atoms with E-state index in [0.717, 1.165) is 12.8 Å². The van der Waals surface area contributed by atoms with Crippen LogP contribution in [0.2, 0.25) is 0 Å². The van der Waals surface area contributed by atoms with Gasteiger partial charge in [0.05, 0.1) is 11.0 Å². The Morgan fingerprint density at radius 3 is 1.59 bits per heavy atom. The summed E-state index contributed by atoms with van der Waals surface area (Å²) in [7, 11) is 2.14. The van der Waals surface area contributed by atoms with E-state index in [9.17, 15) is 0 Å². The van der Waals surface area contributed by atoms with E-state index in [4.69, 9.17) is 0 Å². The summed E-state index contributed by atoms with van der Waals surface area (Å²) >= 11 is 0. The Bertz CT molecular complexity index is 745. The van der Waals surface area contributed by atoms with Crippen molar-refractivity contribution in [2.45, 2.75) is 40.5 Å². The maximum absolute atomic E-state index is 4.64. The number of aryl methyl sites for hydroxylation is 1. The fraction of sp³-hybridized carbons (Fsp3) is 0.474. The molecule has 0 fully saturated rings. The van der Waals surface area contributed by atoms with Crippen molar-refractivity contribution in [3.63, 3.8) is 0 Å². The van der Waals surface area contributed by atoms with Gasteiger partial charge in [-0.15, -0.1) is 0 Å². The minimum Gasteiger partial charge on any atom is -0.343 e. The number of hydrogen-bond acceptors (Lipinski definition) is 2. The number of pyridine rings is 2. The third kappa shape index (κ3) is 2.72. The van der Waals surface area contributed by atoms with Crippen molar-refractivity contribution in [2.75, 3.05) is 0 Å². The van der Waals surface area contributed by atoms with Crippen LogP contribution < -0.4 is 0 Å². The molecule has 0 bridgehead atoms. The molecular weight excluding hydrogens is 270 g/mol. The molecule has 116 valence electrons. The SMILES string of the molecule is CC(C)Cc1cc2c(cn1)c1cnc(CC(C)C)cc1n2C. The molecule has 0 aromatic carbocycles. The second-order valence-electron chi connectivity index (χ2n) is 7.14. The van der Waals surface area contributed by atoms with Crippen LogP contribution in [0.4, 0.5) is 0 Å². The van der Waals surface area contributed by atoms with Gasteiger partial charge < -0.3 is 4.57 Å². The monoisotopic (exact) mass is 295 g/mol. The lowest BCUT2D eigenvalue weighted by molar-refractivity contribution is 0.636. The second-order valence-corrected chi connectivity index (χ2v) is 7.14. The number of fused-ring (bicyclic) bond motifs is 3. The Balaban J connectivity index is 2.15. The van der Waals surface area contributed by atoms with Gasteiger partial charge in [0.2, 0.25) is 0 Å². The van der Waals surface area contributed by atoms with Crippen LogP contribution in [0.1, 0.15) is 39.1 Å². The third-order valence-electron chi connectivity index (χ3n) is 4.13. The molecule has 3 heteroatoms. The van der Waals surface area contributed by atoms with Gasteiger partial charge in [-0.25, -0.2) is 0 Å². The fourth-order valence-corrected chi connectivity index (χ4v) is 3.13. The highest BCUT2D eigenvalue weighted by molar-refractivity contribution is 6.07. The largest absolute Gasteiger partial charge is 0.343 e. The van der Waals surface area contributed by atoms with Gasteiger partial charge in [-0.05, 0) is 36.8 Å². The molecular formula is C19H25N3. The topological polar surface area (TPSA) is 30.7 Å². The Morgan fingerprint density at radius 2 is 1.23 bits per heavy atom. The Kier molecular flexibility index (Phi) is 3.90. The lowest BCUT2D eigenvalue weighted by Crippen LogP contribution is -1.98. The molecule has 3 rings (SSSR count). The zero-order valence-electron chi connectivity index (χ0n) is 14.2. The molecule has 3 aromatic rings. The van der Waals surface area contributed by atoms with E-state index in [2.05, 4.69) is 61.4 Å². The van der Waals surface area contributed by atoms with Gasteiger partial charge in [0.25, 0.3) is 0 Å². The second kappa shape index (κ2) is 5.71. The molecule has 0 atom stereocenters. The van der Waals surface area contributed by atoms with Gasteiger partial charge >= 0.3 is 0 Å². The first-order valence-corrected chi connectivity index (χ1v) is 8.17. The Labute approximate surface area is 132 Å². The predicted molar refractivity (Wildman–Crippen MR) is 93.1 cm³/mol. The molecule has 22 heavy (non-hydrogen) atoms. The highest BCUT2D eigenvalue weighted by Crippen LogP contribution is 2.28. The summed E-state index contributed by atoms with van der Waals surface area (Å²) in [5.41, 5.74) is 4.85. The van der Waals surface area contributed by atoms with Crippen LogP contribution in [-0.4, -0.2) is 14.5 Å². The molecule has 0 unspecified atom stereocenters. The third-order valence-corrected chi connectivity index (χ3v) is 4.13. The highest BCUT2D eigenvalue weighted by Gasteiger charge is 2.12. The molecule has 0 N–H and O–H groups in total. The quantitative estimate of drug-likeness (QED) is 0.708. The number of nitrogens with zero attached hydrogens (tertiary/aromatic N) is 3. The minimum absolute atomic E-state index is 0.624. The molecule has 3 nitrogen and oxygen atoms in total. The average molecular weight is 295 g/mol. The zero-order chi connectivity index (χ0) is 15.9. The summed E-state index contributed by atoms with van der Waals surface area (Å²) < 4.78 is 2.28. The summed E-state index contributed by atoms with van der Waals surface area (Å²) in [5, 5.41) is 2.40. The molecule has 3 aromatic heterocycles. The summed E-state index contributed by atoms with van der Waals surface area (Å²) in [6, 6.07) is 4.47. The van der Waals surface area contributed by atoms with E-state index in [1.54, 1.807) is 0 Å². The molecule has 0 aliphatic rings. The van der Waals surface area contributed by atoms with Crippen LogP contribution in [0.5, 0.6) is 0 Å². The molecule has 0 radical (unpaired) electrons. The van der Waals surface area contributed by atoms with E-state index in [1.807, 2.05) is 12.4 Å². The fourth-order valence-electron chi connectivity index (χ4n) is 3.13. The smallest absolute Gasteiger partial charge is 0.0523 e. The van der Waals surface area contributed by atoms with Gasteiger partial charge in [-0.1, -0.05) is 27.7 Å². The summed E-state index contributed by atoms with van der Waals surface area (Å²) in [6.07, 6.45) is 6.07. The zero-order valence-corrected chi connectivity index (χ0v) is 14.2. The van der Waals surface area contributed by atoms with Gasteiger partial charge in [-0.2, -0.15) is 0 Å². The van der Waals surface area contributed by atoms with Crippen molar-refractivity contribution < 1.29 is 0 Å². The van der Waals surface area contributed by atoms with Crippen LogP contribution in [-0.2, 0) is 19.9 Å².